The number of aliphatic hydroxyl groups is 1. The van der Waals surface area contributed by atoms with Crippen LogP contribution in [-0.4, -0.2) is 66.7 Å². The van der Waals surface area contributed by atoms with Crippen molar-refractivity contribution in [1.29, 1.82) is 0 Å². The van der Waals surface area contributed by atoms with E-state index in [1.54, 1.807) is 44.2 Å². The lowest BCUT2D eigenvalue weighted by Gasteiger charge is -2.29. The highest BCUT2D eigenvalue weighted by Crippen LogP contribution is 2.48. The van der Waals surface area contributed by atoms with E-state index in [1.165, 1.54) is 24.1 Å². The number of benzene rings is 1. The van der Waals surface area contributed by atoms with Gasteiger partial charge in [0.2, 0.25) is 0 Å². The maximum absolute atomic E-state index is 15.5. The molecule has 0 bridgehead atoms. The molecule has 1 aliphatic heterocycles. The van der Waals surface area contributed by atoms with Crippen LogP contribution in [0.2, 0.25) is 0 Å². The Morgan fingerprint density at radius 2 is 2.05 bits per heavy atom. The van der Waals surface area contributed by atoms with Crippen LogP contribution in [0.5, 0.6) is 5.75 Å². The topological polar surface area (TPSA) is 156 Å². The number of nitrogens with two attached hydrogens (primary N) is 1. The zero-order valence-electron chi connectivity index (χ0n) is 20.6. The molecular weight excluding hydrogens is 562 g/mol. The molecular formula is C22H27ClFN6O6PS. The molecule has 0 saturated carbocycles. The van der Waals surface area contributed by atoms with Gasteiger partial charge in [0.25, 0.3) is 5.85 Å². The van der Waals surface area contributed by atoms with Gasteiger partial charge in [0.15, 0.2) is 17.7 Å². The average Bonchev–Trinajstić information content (AvgIpc) is 3.37. The van der Waals surface area contributed by atoms with E-state index in [1.807, 2.05) is 0 Å². The molecule has 2 aromatic heterocycles. The number of nitrogen functional groups attached to an aromatic ring is 1. The summed E-state index contributed by atoms with van der Waals surface area (Å²) in [6.45, 7) is 0.855. The van der Waals surface area contributed by atoms with Gasteiger partial charge in [0.05, 0.1) is 19.0 Å². The Morgan fingerprint density at radius 3 is 2.74 bits per heavy atom. The smallest absolute Gasteiger partial charge is 0.323 e. The number of esters is 1. The van der Waals surface area contributed by atoms with Crippen molar-refractivity contribution in [3.8, 4) is 5.75 Å². The number of alkyl halides is 2. The van der Waals surface area contributed by atoms with Gasteiger partial charge in [-0.2, -0.15) is 0 Å². The Hall–Kier alpha value is -2.45. The van der Waals surface area contributed by atoms with E-state index in [0.717, 1.165) is 0 Å². The first-order valence-corrected chi connectivity index (χ1v) is 14.6. The first kappa shape index (κ1) is 28.6. The third kappa shape index (κ3) is 6.07. The average molecular weight is 589 g/mol. The number of para-hydroxylation sites is 1. The number of aromatic nitrogens is 4. The Balaban J connectivity index is 1.54. The SMILES string of the molecule is CC(C)OC(=O)C(C)NP(=S)(OCC1OC(n2cnc3c(N)ncnc32)C(Cl)C1(O)F)Oc1ccccc1. The number of carbonyl (C=O) groups is 1. The van der Waals surface area contributed by atoms with Crippen molar-refractivity contribution in [2.45, 2.75) is 56.5 Å². The summed E-state index contributed by atoms with van der Waals surface area (Å²) in [4.78, 5) is 24.5. The van der Waals surface area contributed by atoms with Crippen LogP contribution >= 0.6 is 18.2 Å². The number of rotatable bonds is 10. The molecule has 1 aliphatic rings. The van der Waals surface area contributed by atoms with E-state index >= 15 is 4.39 Å². The maximum atomic E-state index is 15.5. The van der Waals surface area contributed by atoms with Gasteiger partial charge in [-0.05, 0) is 44.7 Å². The number of anilines is 1. The maximum Gasteiger partial charge on any atom is 0.323 e. The van der Waals surface area contributed by atoms with Crippen molar-refractivity contribution in [3.05, 3.63) is 43.0 Å². The van der Waals surface area contributed by atoms with Gasteiger partial charge in [-0.3, -0.25) is 9.36 Å². The second-order valence-corrected chi connectivity index (χ2v) is 12.4. The highest BCUT2D eigenvalue weighted by molar-refractivity contribution is 8.09. The number of fused-ring (bicyclic) bond motifs is 1. The molecule has 0 radical (unpaired) electrons. The highest BCUT2D eigenvalue weighted by Gasteiger charge is 2.58. The minimum Gasteiger partial charge on any atom is -0.462 e. The van der Waals surface area contributed by atoms with Gasteiger partial charge < -0.3 is 29.4 Å². The molecule has 3 aromatic rings. The van der Waals surface area contributed by atoms with Crippen molar-refractivity contribution in [2.24, 2.45) is 0 Å². The number of carbonyl (C=O) groups excluding carboxylic acids is 1. The largest absolute Gasteiger partial charge is 0.462 e. The van der Waals surface area contributed by atoms with Gasteiger partial charge in [0.1, 0.15) is 35.1 Å². The molecule has 38 heavy (non-hydrogen) atoms. The summed E-state index contributed by atoms with van der Waals surface area (Å²) >= 11 is 11.9. The predicted molar refractivity (Wildman–Crippen MR) is 140 cm³/mol. The van der Waals surface area contributed by atoms with Gasteiger partial charge in [-0.1, -0.05) is 18.2 Å². The minimum absolute atomic E-state index is 0.114. The molecule has 1 aromatic carbocycles. The number of nitrogens with one attached hydrogen (secondary N) is 1. The van der Waals surface area contributed by atoms with Crippen molar-refractivity contribution in [2.75, 3.05) is 12.3 Å². The van der Waals surface area contributed by atoms with Gasteiger partial charge in [-0.15, -0.1) is 11.6 Å². The van der Waals surface area contributed by atoms with Crippen LogP contribution in [0.25, 0.3) is 11.2 Å². The number of hydrogen-bond donors (Lipinski definition) is 3. The van der Waals surface area contributed by atoms with Crippen LogP contribution in [0, 0.1) is 0 Å². The summed E-state index contributed by atoms with van der Waals surface area (Å²) in [5, 5.41) is 11.9. The van der Waals surface area contributed by atoms with E-state index in [4.69, 9.17) is 47.7 Å². The summed E-state index contributed by atoms with van der Waals surface area (Å²) in [5.41, 5.74) is 6.33. The monoisotopic (exact) mass is 588 g/mol. The number of halogens is 2. The van der Waals surface area contributed by atoms with Crippen molar-refractivity contribution in [3.63, 3.8) is 0 Å². The minimum atomic E-state index is -3.52. The second kappa shape index (κ2) is 11.3. The van der Waals surface area contributed by atoms with Crippen LogP contribution in [0.15, 0.2) is 43.0 Å². The lowest BCUT2D eigenvalue weighted by atomic mass is 10.1. The summed E-state index contributed by atoms with van der Waals surface area (Å²) in [6, 6.07) is 7.59. The molecule has 0 aliphatic carbocycles. The quantitative estimate of drug-likeness (QED) is 0.181. The molecule has 0 amide bonds. The van der Waals surface area contributed by atoms with Gasteiger partial charge in [0, 0.05) is 0 Å². The molecule has 1 saturated heterocycles. The summed E-state index contributed by atoms with van der Waals surface area (Å²) in [5.74, 6) is -3.16. The van der Waals surface area contributed by atoms with E-state index in [0.29, 0.717) is 5.75 Å². The van der Waals surface area contributed by atoms with Crippen LogP contribution in [0.1, 0.15) is 27.0 Å². The van der Waals surface area contributed by atoms with Crippen molar-refractivity contribution < 1.29 is 32.8 Å². The Bertz CT molecular complexity index is 1330. The summed E-state index contributed by atoms with van der Waals surface area (Å²) < 4.78 is 39.6. The van der Waals surface area contributed by atoms with Crippen LogP contribution < -0.4 is 15.3 Å². The van der Waals surface area contributed by atoms with Crippen molar-refractivity contribution >= 4 is 53.0 Å². The van der Waals surface area contributed by atoms with Crippen molar-refractivity contribution in [1.82, 2.24) is 24.6 Å². The molecule has 0 spiro atoms. The molecule has 3 heterocycles. The summed E-state index contributed by atoms with van der Waals surface area (Å²) in [7, 11) is 0. The zero-order chi connectivity index (χ0) is 27.7. The fourth-order valence-electron chi connectivity index (χ4n) is 3.63. The lowest BCUT2D eigenvalue weighted by molar-refractivity contribution is -0.149. The van der Waals surface area contributed by atoms with Gasteiger partial charge >= 0.3 is 12.6 Å². The van der Waals surface area contributed by atoms with Crippen LogP contribution in [-0.2, 0) is 30.6 Å². The Morgan fingerprint density at radius 1 is 1.34 bits per heavy atom. The normalized spacial score (nSPS) is 25.8. The molecule has 16 heteroatoms. The molecule has 4 rings (SSSR count). The third-order valence-corrected chi connectivity index (χ3v) is 8.50. The first-order chi connectivity index (χ1) is 17.9. The van der Waals surface area contributed by atoms with E-state index in [2.05, 4.69) is 20.0 Å². The molecule has 6 atom stereocenters. The highest BCUT2D eigenvalue weighted by atomic mass is 35.5. The molecule has 12 nitrogen and oxygen atoms in total. The Kier molecular flexibility index (Phi) is 8.52. The Labute approximate surface area is 227 Å². The number of nitrogens with zero attached hydrogens (tertiary/aromatic N) is 4. The fraction of sp³-hybridized carbons (Fsp3) is 0.455. The van der Waals surface area contributed by atoms with Gasteiger partial charge in [-0.25, -0.2) is 24.4 Å². The number of imidazole rings is 1. The standard InChI is InChI=1S/C22H27ClFN6O6PS/c1-12(2)34-21(31)13(3)29-37(38,36-14-7-5-4-6-8-14)33-9-15-22(24,32)17(23)20(35-15)30-11-28-16-18(25)26-10-27-19(16)30/h4-8,10-13,15,17,20,32H,9H2,1-3H3,(H,29,38)(H2,25,26,27). The predicted octanol–water partition coefficient (Wildman–Crippen LogP) is 2.82. The third-order valence-electron chi connectivity index (χ3n) is 5.48. The summed E-state index contributed by atoms with van der Waals surface area (Å²) in [6.07, 6.45) is -0.647. The molecule has 1 fully saturated rings. The molecule has 6 unspecified atom stereocenters. The fourth-order valence-corrected chi connectivity index (χ4v) is 6.36. The lowest BCUT2D eigenvalue weighted by Crippen LogP contribution is -2.43. The second-order valence-electron chi connectivity index (χ2n) is 8.76. The number of hydrogen-bond acceptors (Lipinski definition) is 11. The zero-order valence-corrected chi connectivity index (χ0v) is 23.1. The van der Waals surface area contributed by atoms with Crippen LogP contribution in [0.3, 0.4) is 0 Å². The van der Waals surface area contributed by atoms with E-state index in [9.17, 15) is 9.90 Å². The molecule has 206 valence electrons. The molecule has 4 N–H and O–H groups in total. The number of ether oxygens (including phenoxy) is 2. The van der Waals surface area contributed by atoms with E-state index in [-0.39, 0.29) is 23.1 Å². The van der Waals surface area contributed by atoms with Crippen LogP contribution in [0.4, 0.5) is 10.2 Å². The van der Waals surface area contributed by atoms with E-state index < -0.39 is 48.8 Å². The first-order valence-electron chi connectivity index (χ1n) is 11.5.